The molecule has 0 spiro atoms. The van der Waals surface area contributed by atoms with Gasteiger partial charge in [0.05, 0.1) is 13.2 Å². The largest absolute Gasteiger partial charge is 0.379 e. The Hall–Kier alpha value is -2.07. The van der Waals surface area contributed by atoms with E-state index in [1.54, 1.807) is 12.1 Å². The minimum absolute atomic E-state index is 0.0341. The maximum Gasteiger partial charge on any atom is 0.242 e. The fourth-order valence-corrected chi connectivity index (χ4v) is 5.84. The van der Waals surface area contributed by atoms with Crippen molar-refractivity contribution in [3.8, 4) is 0 Å². The van der Waals surface area contributed by atoms with Gasteiger partial charge >= 0.3 is 0 Å². The van der Waals surface area contributed by atoms with Crippen molar-refractivity contribution in [2.45, 2.75) is 50.4 Å². The number of nitrogens with one attached hydrogen (secondary N) is 2. The predicted octanol–water partition coefficient (Wildman–Crippen LogP) is 0.733. The van der Waals surface area contributed by atoms with Crippen LogP contribution in [-0.2, 0) is 20.9 Å². The van der Waals surface area contributed by atoms with Gasteiger partial charge in [0.1, 0.15) is 11.9 Å². The van der Waals surface area contributed by atoms with E-state index in [0.717, 1.165) is 64.2 Å². The van der Waals surface area contributed by atoms with Crippen molar-refractivity contribution >= 4 is 11.8 Å². The van der Waals surface area contributed by atoms with E-state index in [9.17, 15) is 14.0 Å². The van der Waals surface area contributed by atoms with E-state index in [1.165, 1.54) is 12.1 Å². The van der Waals surface area contributed by atoms with Crippen LogP contribution in [-0.4, -0.2) is 90.7 Å². The highest BCUT2D eigenvalue weighted by Gasteiger charge is 2.51. The van der Waals surface area contributed by atoms with Crippen LogP contribution in [0.5, 0.6) is 0 Å². The van der Waals surface area contributed by atoms with Crippen LogP contribution in [0.1, 0.15) is 31.2 Å². The minimum Gasteiger partial charge on any atom is -0.379 e. The number of hydrogen-bond donors (Lipinski definition) is 2. The number of benzene rings is 1. The molecule has 3 aliphatic heterocycles. The number of hydrogen-bond acceptors (Lipinski definition) is 6. The van der Waals surface area contributed by atoms with Gasteiger partial charge in [0.25, 0.3) is 0 Å². The van der Waals surface area contributed by atoms with Crippen molar-refractivity contribution in [3.63, 3.8) is 0 Å². The molecular weight excluding hydrogens is 425 g/mol. The molecule has 3 heterocycles. The summed E-state index contributed by atoms with van der Waals surface area (Å²) in [5.41, 5.74) is 4.33. The molecule has 1 aromatic carbocycles. The zero-order valence-corrected chi connectivity index (χ0v) is 19.0. The van der Waals surface area contributed by atoms with Gasteiger partial charge in [-0.05, 0) is 43.4 Å². The molecule has 1 aliphatic carbocycles. The van der Waals surface area contributed by atoms with Crippen LogP contribution in [0.2, 0.25) is 0 Å². The van der Waals surface area contributed by atoms with E-state index in [-0.39, 0.29) is 41.7 Å². The van der Waals surface area contributed by atoms with Crippen molar-refractivity contribution in [2.75, 3.05) is 45.9 Å². The van der Waals surface area contributed by atoms with Gasteiger partial charge in [-0.1, -0.05) is 12.1 Å². The lowest BCUT2D eigenvalue weighted by Gasteiger charge is -2.51. The van der Waals surface area contributed by atoms with Gasteiger partial charge in [0.15, 0.2) is 0 Å². The van der Waals surface area contributed by atoms with Crippen LogP contribution < -0.4 is 10.7 Å². The normalized spacial score (nSPS) is 30.7. The highest BCUT2D eigenvalue weighted by molar-refractivity contribution is 5.84. The third-order valence-corrected chi connectivity index (χ3v) is 7.62. The maximum absolute atomic E-state index is 13.4. The Labute approximate surface area is 194 Å². The standard InChI is InChI=1S/C24H34FN5O3/c25-19-4-1-17(2-5-19)16-29-22-15-18(23(31)26-9-10-28-11-13-33-14-12-28)3-6-20(22)30-21(24(29)32)7-8-27-30/h1-2,4-5,18,20-22,27H,3,6-16H2,(H,26,31). The number of nitrogens with zero attached hydrogens (tertiary/aromatic N) is 3. The second-order valence-electron chi connectivity index (χ2n) is 9.60. The number of halogens is 1. The zero-order valence-electron chi connectivity index (χ0n) is 19.0. The first-order valence-electron chi connectivity index (χ1n) is 12.2. The van der Waals surface area contributed by atoms with Gasteiger partial charge < -0.3 is 15.0 Å². The summed E-state index contributed by atoms with van der Waals surface area (Å²) in [6.45, 7) is 6.05. The van der Waals surface area contributed by atoms with Gasteiger partial charge in [-0.2, -0.15) is 0 Å². The number of carbonyl (C=O) groups excluding carboxylic acids is 2. The highest BCUT2D eigenvalue weighted by Crippen LogP contribution is 2.38. The zero-order chi connectivity index (χ0) is 22.8. The summed E-state index contributed by atoms with van der Waals surface area (Å²) in [6, 6.07) is 6.39. The molecule has 0 bridgehead atoms. The van der Waals surface area contributed by atoms with E-state index in [1.807, 2.05) is 4.90 Å². The molecule has 1 saturated carbocycles. The molecule has 8 nitrogen and oxygen atoms in total. The first-order chi connectivity index (χ1) is 16.1. The van der Waals surface area contributed by atoms with E-state index in [0.29, 0.717) is 19.5 Å². The molecule has 0 aromatic heterocycles. The Bertz CT molecular complexity index is 847. The van der Waals surface area contributed by atoms with Gasteiger partial charge in [0, 0.05) is 57.3 Å². The number of ether oxygens (including phenoxy) is 1. The lowest BCUT2D eigenvalue weighted by molar-refractivity contribution is -0.157. The second kappa shape index (κ2) is 10.0. The average molecular weight is 460 g/mol. The SMILES string of the molecule is O=C(NCCN1CCOCC1)C1CCC2C(C1)N(Cc1ccc(F)cc1)C(=O)C1CCNN12. The molecule has 180 valence electrons. The van der Waals surface area contributed by atoms with Gasteiger partial charge in [0.2, 0.25) is 11.8 Å². The Morgan fingerprint density at radius 1 is 1.12 bits per heavy atom. The smallest absolute Gasteiger partial charge is 0.242 e. The number of fused-ring (bicyclic) bond motifs is 3. The van der Waals surface area contributed by atoms with Gasteiger partial charge in [-0.3, -0.25) is 19.9 Å². The van der Waals surface area contributed by atoms with E-state index in [4.69, 9.17) is 4.74 Å². The van der Waals surface area contributed by atoms with Crippen LogP contribution in [0.4, 0.5) is 4.39 Å². The Morgan fingerprint density at radius 2 is 1.91 bits per heavy atom. The molecular formula is C24H34FN5O3. The van der Waals surface area contributed by atoms with Crippen LogP contribution >= 0.6 is 0 Å². The molecule has 2 N–H and O–H groups in total. The molecule has 4 unspecified atom stereocenters. The first-order valence-corrected chi connectivity index (χ1v) is 12.2. The van der Waals surface area contributed by atoms with Crippen molar-refractivity contribution in [1.29, 1.82) is 0 Å². The Morgan fingerprint density at radius 3 is 2.70 bits per heavy atom. The summed E-state index contributed by atoms with van der Waals surface area (Å²) in [5, 5.41) is 5.28. The number of morpholine rings is 1. The monoisotopic (exact) mass is 459 g/mol. The molecule has 2 amide bonds. The number of carbonyl (C=O) groups is 2. The van der Waals surface area contributed by atoms with E-state index >= 15 is 0 Å². The number of amides is 2. The summed E-state index contributed by atoms with van der Waals surface area (Å²) >= 11 is 0. The molecule has 4 fully saturated rings. The third kappa shape index (κ3) is 4.91. The molecule has 4 atom stereocenters. The Balaban J connectivity index is 1.25. The molecule has 1 aromatic rings. The number of rotatable bonds is 6. The van der Waals surface area contributed by atoms with Gasteiger partial charge in [-0.25, -0.2) is 9.40 Å². The molecule has 9 heteroatoms. The molecule has 3 saturated heterocycles. The molecule has 0 radical (unpaired) electrons. The predicted molar refractivity (Wildman–Crippen MR) is 120 cm³/mol. The Kier molecular flexibility index (Phi) is 6.91. The molecule has 33 heavy (non-hydrogen) atoms. The maximum atomic E-state index is 13.4. The number of hydrazine groups is 1. The van der Waals surface area contributed by atoms with Crippen LogP contribution in [0.3, 0.4) is 0 Å². The third-order valence-electron chi connectivity index (χ3n) is 7.62. The van der Waals surface area contributed by atoms with E-state index < -0.39 is 0 Å². The highest BCUT2D eigenvalue weighted by atomic mass is 19.1. The first kappa shape index (κ1) is 22.7. The quantitative estimate of drug-likeness (QED) is 0.653. The second-order valence-corrected chi connectivity index (χ2v) is 9.60. The molecule has 5 rings (SSSR count). The summed E-state index contributed by atoms with van der Waals surface area (Å²) < 4.78 is 18.8. The van der Waals surface area contributed by atoms with Crippen molar-refractivity contribution in [1.82, 2.24) is 25.6 Å². The topological polar surface area (TPSA) is 77.2 Å². The van der Waals surface area contributed by atoms with Crippen LogP contribution in [0, 0.1) is 11.7 Å². The summed E-state index contributed by atoms with van der Waals surface area (Å²) in [5.74, 6) is -0.177. The van der Waals surface area contributed by atoms with Crippen molar-refractivity contribution < 1.29 is 18.7 Å². The lowest BCUT2D eigenvalue weighted by Crippen LogP contribution is -2.68. The average Bonchev–Trinajstić information content (AvgIpc) is 3.34. The fourth-order valence-electron chi connectivity index (χ4n) is 5.84. The van der Waals surface area contributed by atoms with Gasteiger partial charge in [-0.15, -0.1) is 0 Å². The van der Waals surface area contributed by atoms with Crippen LogP contribution in [0.25, 0.3) is 0 Å². The molecule has 4 aliphatic rings. The summed E-state index contributed by atoms with van der Waals surface area (Å²) in [4.78, 5) is 30.7. The summed E-state index contributed by atoms with van der Waals surface area (Å²) in [6.07, 6.45) is 3.16. The van der Waals surface area contributed by atoms with E-state index in [2.05, 4.69) is 20.7 Å². The van der Waals surface area contributed by atoms with Crippen molar-refractivity contribution in [2.24, 2.45) is 5.92 Å². The minimum atomic E-state index is -0.278. The fraction of sp³-hybridized carbons (Fsp3) is 0.667. The lowest BCUT2D eigenvalue weighted by atomic mass is 9.78. The van der Waals surface area contributed by atoms with Crippen LogP contribution in [0.15, 0.2) is 24.3 Å². The number of piperazine rings is 1. The summed E-state index contributed by atoms with van der Waals surface area (Å²) in [7, 11) is 0. The van der Waals surface area contributed by atoms with Crippen molar-refractivity contribution in [3.05, 3.63) is 35.6 Å².